The molecule has 3 aromatic carbocycles. The minimum atomic E-state index is -3.59. The van der Waals surface area contributed by atoms with Gasteiger partial charge in [0.2, 0.25) is 17.8 Å². The van der Waals surface area contributed by atoms with Crippen LogP contribution in [0.3, 0.4) is 0 Å². The molecular formula is C63H87ClN10O10S. The number of amides is 2. The van der Waals surface area contributed by atoms with Crippen molar-refractivity contribution in [2.75, 3.05) is 128 Å². The summed E-state index contributed by atoms with van der Waals surface area (Å²) in [5.41, 5.74) is 7.02. The summed E-state index contributed by atoms with van der Waals surface area (Å²) in [6.07, 6.45) is 5.71. The minimum Gasteiger partial charge on any atom is -0.491 e. The van der Waals surface area contributed by atoms with Crippen molar-refractivity contribution in [1.82, 2.24) is 35.4 Å². The van der Waals surface area contributed by atoms with E-state index in [2.05, 4.69) is 86.9 Å². The van der Waals surface area contributed by atoms with Gasteiger partial charge in [0.1, 0.15) is 23.1 Å². The molecular weight excluding hydrogens is 1120 g/mol. The smallest absolute Gasteiger partial charge is 0.241 e. The van der Waals surface area contributed by atoms with Gasteiger partial charge in [0.05, 0.1) is 105 Å². The Bertz CT molecular complexity index is 3140. The van der Waals surface area contributed by atoms with E-state index in [1.54, 1.807) is 45.2 Å². The van der Waals surface area contributed by atoms with Crippen molar-refractivity contribution in [3.8, 4) is 11.5 Å². The van der Waals surface area contributed by atoms with Crippen molar-refractivity contribution in [3.63, 3.8) is 0 Å². The van der Waals surface area contributed by atoms with E-state index in [-0.39, 0.29) is 57.0 Å². The van der Waals surface area contributed by atoms with Gasteiger partial charge in [-0.25, -0.2) is 13.4 Å². The second-order valence-electron chi connectivity index (χ2n) is 23.4. The van der Waals surface area contributed by atoms with Crippen LogP contribution in [0.2, 0.25) is 5.02 Å². The molecule has 2 saturated heterocycles. The summed E-state index contributed by atoms with van der Waals surface area (Å²) in [7, 11) is -1.88. The molecule has 2 fully saturated rings. The minimum absolute atomic E-state index is 0.0357. The number of pyridine rings is 1. The van der Waals surface area contributed by atoms with Gasteiger partial charge in [-0.3, -0.25) is 24.4 Å². The van der Waals surface area contributed by atoms with Gasteiger partial charge in [0.25, 0.3) is 0 Å². The first kappa shape index (κ1) is 65.0. The number of carbonyl (C=O) groups excluding carboxylic acids is 2. The molecule has 0 unspecified atom stereocenters. The Morgan fingerprint density at radius 2 is 1.58 bits per heavy atom. The van der Waals surface area contributed by atoms with Crippen LogP contribution in [0.1, 0.15) is 95.2 Å². The van der Waals surface area contributed by atoms with Crippen LogP contribution in [0, 0.1) is 6.92 Å². The van der Waals surface area contributed by atoms with Crippen molar-refractivity contribution in [3.05, 3.63) is 112 Å². The fraction of sp³-hybridized carbons (Fsp3) is 0.540. The Hall–Kier alpha value is -6.01. The van der Waals surface area contributed by atoms with Gasteiger partial charge in [-0.05, 0) is 145 Å². The molecule has 85 heavy (non-hydrogen) atoms. The topological polar surface area (TPSA) is 220 Å². The van der Waals surface area contributed by atoms with E-state index in [0.717, 1.165) is 72.8 Å². The molecule has 0 spiro atoms. The molecule has 22 heteroatoms. The van der Waals surface area contributed by atoms with Crippen LogP contribution in [-0.2, 0) is 50.2 Å². The number of aryl methyl sites for hydroxylation is 1. The molecule has 8 rings (SSSR count). The van der Waals surface area contributed by atoms with Gasteiger partial charge in [0, 0.05) is 57.0 Å². The standard InChI is InChI=1S/C63H87ClN10O10S/c1-42(2)84-56-33-51(44(5)29-54(56)70-62-68-36-52(64)61(71-62)69-53-15-10-11-16-57(53)85(77,78)43(3)4)48-17-20-72(21-18-48)38-58(75)65-19-22-80-23-24-81-25-26-82-27-28-83-50-14-12-13-46(31-50)30-47-32-55-60(67-34-47)63(7,8)41-74(55)59(76)39-73-37-45(6)66-35-49(73)40-79-9/h10-16,29,31-34,36,42-43,45,48-49,66H,17-28,30,35,37-41H2,1-9H3,(H,65,75)(H2,68,69,70,71)/t45-,49-/m1/s1. The van der Waals surface area contributed by atoms with E-state index in [0.29, 0.717) is 109 Å². The highest BCUT2D eigenvalue weighted by atomic mass is 35.5. The SMILES string of the molecule is COC[C@H]1CN[C@H](C)CN1CC(=O)N1CC(C)(C)c2ncc(Cc3cccc(OCCOCCOCCOCCNC(=O)CN4CCC(c5cc(OC(C)C)c(Nc6ncc(Cl)c(Nc7ccccc7S(=O)(=O)C(C)C)n6)cc5C)CC4)c3)cc21. The molecule has 20 nitrogen and oxygen atoms in total. The summed E-state index contributed by atoms with van der Waals surface area (Å²) < 4.78 is 61.3. The van der Waals surface area contributed by atoms with Gasteiger partial charge < -0.3 is 54.6 Å². The quantitative estimate of drug-likeness (QED) is 0.0318. The van der Waals surface area contributed by atoms with Crippen LogP contribution in [0.15, 0.2) is 84.0 Å². The normalized spacial score (nSPS) is 17.5. The molecule has 5 aromatic rings. The number of sulfone groups is 1. The molecule has 3 aliphatic heterocycles. The Kier molecular flexibility index (Phi) is 23.4. The molecule has 0 radical (unpaired) electrons. The third kappa shape index (κ3) is 18.0. The van der Waals surface area contributed by atoms with Crippen molar-refractivity contribution >= 4 is 62.1 Å². The van der Waals surface area contributed by atoms with Gasteiger partial charge in [-0.15, -0.1) is 0 Å². The molecule has 0 bridgehead atoms. The number of nitrogens with zero attached hydrogens (tertiary/aromatic N) is 6. The number of anilines is 5. The summed E-state index contributed by atoms with van der Waals surface area (Å²) >= 11 is 6.53. The molecule has 2 amide bonds. The van der Waals surface area contributed by atoms with E-state index in [9.17, 15) is 18.0 Å². The van der Waals surface area contributed by atoms with Crippen LogP contribution in [0.4, 0.5) is 28.8 Å². The number of fused-ring (bicyclic) bond motifs is 1. The first-order valence-electron chi connectivity index (χ1n) is 29.7. The van der Waals surface area contributed by atoms with E-state index in [1.165, 1.54) is 11.8 Å². The highest BCUT2D eigenvalue weighted by Crippen LogP contribution is 2.41. The number of hydrogen-bond donors (Lipinski definition) is 4. The third-order valence-electron chi connectivity index (χ3n) is 15.4. The maximum Gasteiger partial charge on any atom is 0.241 e. The maximum atomic E-state index is 13.9. The number of hydrogen-bond acceptors (Lipinski definition) is 18. The number of ether oxygens (including phenoxy) is 6. The number of aromatic nitrogens is 3. The maximum absolute atomic E-state index is 13.9. The zero-order valence-electron chi connectivity index (χ0n) is 50.9. The molecule has 0 aliphatic carbocycles. The Morgan fingerprint density at radius 3 is 2.31 bits per heavy atom. The summed E-state index contributed by atoms with van der Waals surface area (Å²) in [6.45, 7) is 24.0. The van der Waals surface area contributed by atoms with Gasteiger partial charge in [0.15, 0.2) is 15.7 Å². The van der Waals surface area contributed by atoms with E-state index >= 15 is 0 Å². The predicted octanol–water partition coefficient (Wildman–Crippen LogP) is 8.24. The lowest BCUT2D eigenvalue weighted by Crippen LogP contribution is -2.59. The number of halogens is 1. The number of benzene rings is 3. The first-order valence-corrected chi connectivity index (χ1v) is 31.6. The van der Waals surface area contributed by atoms with Crippen molar-refractivity contribution in [2.45, 2.75) is 114 Å². The van der Waals surface area contributed by atoms with Crippen LogP contribution >= 0.6 is 11.6 Å². The van der Waals surface area contributed by atoms with Crippen LogP contribution in [0.25, 0.3) is 0 Å². The number of carbonyl (C=O) groups is 2. The summed E-state index contributed by atoms with van der Waals surface area (Å²) in [4.78, 5) is 47.3. The van der Waals surface area contributed by atoms with Crippen molar-refractivity contribution < 1.29 is 46.4 Å². The lowest BCUT2D eigenvalue weighted by Gasteiger charge is -2.39. The lowest BCUT2D eigenvalue weighted by atomic mass is 9.86. The zero-order chi connectivity index (χ0) is 60.7. The summed E-state index contributed by atoms with van der Waals surface area (Å²) in [5, 5.41) is 12.5. The number of para-hydroxylation sites is 1. The van der Waals surface area contributed by atoms with Gasteiger partial charge >= 0.3 is 0 Å². The number of likely N-dealkylation sites (tertiary alicyclic amines) is 1. The lowest BCUT2D eigenvalue weighted by molar-refractivity contribution is -0.123. The number of nitrogens with one attached hydrogen (secondary N) is 4. The Morgan fingerprint density at radius 1 is 0.847 bits per heavy atom. The number of methoxy groups -OCH3 is 1. The second kappa shape index (κ2) is 30.6. The average Bonchev–Trinajstić information content (AvgIpc) is 2.74. The van der Waals surface area contributed by atoms with Gasteiger partial charge in [-0.2, -0.15) is 4.98 Å². The highest BCUT2D eigenvalue weighted by Gasteiger charge is 2.41. The Balaban J connectivity index is 0.684. The van der Waals surface area contributed by atoms with Crippen LogP contribution in [-0.4, -0.2) is 181 Å². The van der Waals surface area contributed by atoms with Crippen LogP contribution in [0.5, 0.6) is 11.5 Å². The van der Waals surface area contributed by atoms with Crippen molar-refractivity contribution in [2.24, 2.45) is 0 Å². The number of piperazine rings is 1. The molecule has 462 valence electrons. The number of piperidine rings is 1. The molecule has 2 atom stereocenters. The predicted molar refractivity (Wildman–Crippen MR) is 332 cm³/mol. The third-order valence-corrected chi connectivity index (χ3v) is 17.9. The van der Waals surface area contributed by atoms with Crippen LogP contribution < -0.4 is 35.6 Å². The summed E-state index contributed by atoms with van der Waals surface area (Å²) in [5.74, 6) is 2.24. The zero-order valence-corrected chi connectivity index (χ0v) is 52.5. The van der Waals surface area contributed by atoms with E-state index in [4.69, 9.17) is 45.0 Å². The summed E-state index contributed by atoms with van der Waals surface area (Å²) in [6, 6.07) is 21.4. The molecule has 5 heterocycles. The molecule has 4 N–H and O–H groups in total. The number of rotatable bonds is 30. The average molecular weight is 1210 g/mol. The second-order valence-corrected chi connectivity index (χ2v) is 26.3. The van der Waals surface area contributed by atoms with E-state index in [1.807, 2.05) is 49.2 Å². The monoisotopic (exact) mass is 1210 g/mol. The van der Waals surface area contributed by atoms with E-state index < -0.39 is 15.1 Å². The van der Waals surface area contributed by atoms with Gasteiger partial charge in [-0.1, -0.05) is 49.7 Å². The molecule has 0 saturated carbocycles. The van der Waals surface area contributed by atoms with Crippen molar-refractivity contribution in [1.29, 1.82) is 0 Å². The fourth-order valence-corrected chi connectivity index (χ4v) is 12.4. The Labute approximate surface area is 507 Å². The molecule has 3 aliphatic rings. The highest BCUT2D eigenvalue weighted by molar-refractivity contribution is 7.92. The molecule has 2 aromatic heterocycles. The first-order chi connectivity index (χ1) is 40.8. The fourth-order valence-electron chi connectivity index (χ4n) is 11.0. The largest absolute Gasteiger partial charge is 0.491 e.